The van der Waals surface area contributed by atoms with Crippen LogP contribution in [-0.2, 0) is 11.3 Å². The average Bonchev–Trinajstić information content (AvgIpc) is 2.90. The van der Waals surface area contributed by atoms with E-state index in [0.717, 1.165) is 44.5 Å². The minimum absolute atomic E-state index is 0.304. The minimum atomic E-state index is -0.677. The second-order valence-corrected chi connectivity index (χ2v) is 5.87. The summed E-state index contributed by atoms with van der Waals surface area (Å²) in [6, 6.07) is 4.07. The normalized spacial score (nSPS) is 17.3. The second-order valence-electron chi connectivity index (χ2n) is 5.87. The van der Waals surface area contributed by atoms with E-state index in [2.05, 4.69) is 20.9 Å². The maximum Gasteiger partial charge on any atom is 0.303 e. The summed E-state index contributed by atoms with van der Waals surface area (Å²) < 4.78 is 0. The van der Waals surface area contributed by atoms with Crippen LogP contribution in [0.5, 0.6) is 0 Å². The van der Waals surface area contributed by atoms with E-state index in [1.165, 1.54) is 10.9 Å². The first-order valence-corrected chi connectivity index (χ1v) is 7.57. The molecule has 0 atom stereocenters. The molecule has 0 aromatic carbocycles. The van der Waals surface area contributed by atoms with Crippen molar-refractivity contribution in [3.8, 4) is 0 Å². The highest BCUT2D eigenvalue weighted by Crippen LogP contribution is 2.24. The molecule has 0 spiro atoms. The molecule has 1 fully saturated rings. The number of aromatic nitrogens is 2. The van der Waals surface area contributed by atoms with E-state index in [1.54, 1.807) is 6.20 Å². The third kappa shape index (κ3) is 3.42. The number of pyridine rings is 1. The van der Waals surface area contributed by atoms with Gasteiger partial charge >= 0.3 is 5.97 Å². The number of fused-ring (bicyclic) bond motifs is 1. The van der Waals surface area contributed by atoms with Gasteiger partial charge in [-0.15, -0.1) is 0 Å². The summed E-state index contributed by atoms with van der Waals surface area (Å²) in [5.74, 6) is -0.106. The lowest BCUT2D eigenvalue weighted by Crippen LogP contribution is -2.33. The number of aromatic amines is 1. The molecule has 2 aromatic heterocycles. The number of piperidine rings is 1. The molecule has 0 saturated carbocycles. The van der Waals surface area contributed by atoms with Crippen LogP contribution in [0.3, 0.4) is 0 Å². The van der Waals surface area contributed by atoms with Crippen LogP contribution in [0, 0.1) is 5.92 Å². The second kappa shape index (κ2) is 6.26. The summed E-state index contributed by atoms with van der Waals surface area (Å²) in [6.07, 6.45) is 7.19. The fraction of sp³-hybridized carbons (Fsp3) is 0.500. The summed E-state index contributed by atoms with van der Waals surface area (Å²) in [6.45, 7) is 3.05. The van der Waals surface area contributed by atoms with E-state index in [-0.39, 0.29) is 0 Å². The first-order chi connectivity index (χ1) is 10.2. The fourth-order valence-corrected chi connectivity index (χ4v) is 3.15. The Hall–Kier alpha value is -1.88. The van der Waals surface area contributed by atoms with Gasteiger partial charge < -0.3 is 10.1 Å². The Morgan fingerprint density at radius 2 is 2.24 bits per heavy atom. The molecule has 0 bridgehead atoms. The first kappa shape index (κ1) is 14.1. The molecular weight excluding hydrogens is 266 g/mol. The third-order valence-electron chi connectivity index (χ3n) is 4.40. The Morgan fingerprint density at radius 1 is 1.43 bits per heavy atom. The van der Waals surface area contributed by atoms with Gasteiger partial charge in [-0.3, -0.25) is 9.69 Å². The van der Waals surface area contributed by atoms with Crippen LogP contribution in [0.25, 0.3) is 11.0 Å². The van der Waals surface area contributed by atoms with Crippen molar-refractivity contribution in [2.24, 2.45) is 5.92 Å². The van der Waals surface area contributed by atoms with Gasteiger partial charge in [-0.1, -0.05) is 0 Å². The van der Waals surface area contributed by atoms with Crippen molar-refractivity contribution in [1.29, 1.82) is 0 Å². The molecule has 5 heteroatoms. The molecule has 0 aliphatic carbocycles. The average molecular weight is 287 g/mol. The summed E-state index contributed by atoms with van der Waals surface area (Å²) in [5, 5.41) is 9.95. The zero-order valence-corrected chi connectivity index (χ0v) is 12.1. The summed E-state index contributed by atoms with van der Waals surface area (Å²) in [4.78, 5) is 20.6. The lowest BCUT2D eigenvalue weighted by Gasteiger charge is -2.31. The molecule has 3 rings (SSSR count). The molecule has 2 N–H and O–H groups in total. The number of hydrogen-bond acceptors (Lipinski definition) is 3. The first-order valence-electron chi connectivity index (χ1n) is 7.57. The Labute approximate surface area is 124 Å². The topological polar surface area (TPSA) is 69.2 Å². The maximum atomic E-state index is 10.6. The number of rotatable bonds is 5. The maximum absolute atomic E-state index is 10.6. The molecule has 1 saturated heterocycles. The van der Waals surface area contributed by atoms with Crippen LogP contribution >= 0.6 is 0 Å². The van der Waals surface area contributed by atoms with Gasteiger partial charge in [-0.2, -0.15) is 0 Å². The monoisotopic (exact) mass is 287 g/mol. The van der Waals surface area contributed by atoms with Gasteiger partial charge in [-0.05, 0) is 56.0 Å². The molecule has 1 aliphatic rings. The molecule has 3 heterocycles. The number of carbonyl (C=O) groups is 1. The predicted molar refractivity (Wildman–Crippen MR) is 81.0 cm³/mol. The highest BCUT2D eigenvalue weighted by Gasteiger charge is 2.20. The van der Waals surface area contributed by atoms with Crippen molar-refractivity contribution in [3.63, 3.8) is 0 Å². The van der Waals surface area contributed by atoms with Gasteiger partial charge in [-0.25, -0.2) is 4.98 Å². The fourth-order valence-electron chi connectivity index (χ4n) is 3.15. The number of hydrogen-bond donors (Lipinski definition) is 2. The van der Waals surface area contributed by atoms with Crippen LogP contribution in [-0.4, -0.2) is 39.0 Å². The highest BCUT2D eigenvalue weighted by atomic mass is 16.4. The van der Waals surface area contributed by atoms with Gasteiger partial charge in [0.15, 0.2) is 0 Å². The predicted octanol–water partition coefficient (Wildman–Crippen LogP) is 2.64. The van der Waals surface area contributed by atoms with Gasteiger partial charge in [0.25, 0.3) is 0 Å². The largest absolute Gasteiger partial charge is 0.481 e. The SMILES string of the molecule is O=C(O)CCC1CCN(Cc2c[nH]c3ncccc23)CC1. The Balaban J connectivity index is 1.54. The molecular formula is C16H21N3O2. The number of carboxylic acid groups (broad SMARTS) is 1. The zero-order chi connectivity index (χ0) is 14.7. The summed E-state index contributed by atoms with van der Waals surface area (Å²) in [7, 11) is 0. The van der Waals surface area contributed by atoms with Crippen LogP contribution in [0.2, 0.25) is 0 Å². The van der Waals surface area contributed by atoms with Crippen LogP contribution in [0.1, 0.15) is 31.2 Å². The molecule has 1 aliphatic heterocycles. The number of nitrogens with one attached hydrogen (secondary N) is 1. The van der Waals surface area contributed by atoms with Crippen molar-refractivity contribution < 1.29 is 9.90 Å². The smallest absolute Gasteiger partial charge is 0.303 e. The van der Waals surface area contributed by atoms with Crippen molar-refractivity contribution in [2.75, 3.05) is 13.1 Å². The van der Waals surface area contributed by atoms with E-state index < -0.39 is 5.97 Å². The Bertz CT molecular complexity index is 615. The molecule has 112 valence electrons. The van der Waals surface area contributed by atoms with Gasteiger partial charge in [0.1, 0.15) is 5.65 Å². The summed E-state index contributed by atoms with van der Waals surface area (Å²) in [5.41, 5.74) is 2.24. The Morgan fingerprint density at radius 3 is 3.00 bits per heavy atom. The van der Waals surface area contributed by atoms with E-state index in [9.17, 15) is 4.79 Å². The van der Waals surface area contributed by atoms with Crippen LogP contribution in [0.4, 0.5) is 0 Å². The lowest BCUT2D eigenvalue weighted by molar-refractivity contribution is -0.137. The van der Waals surface area contributed by atoms with Crippen LogP contribution < -0.4 is 0 Å². The van der Waals surface area contributed by atoms with E-state index in [4.69, 9.17) is 5.11 Å². The van der Waals surface area contributed by atoms with Crippen molar-refractivity contribution >= 4 is 17.0 Å². The molecule has 21 heavy (non-hydrogen) atoms. The number of carboxylic acids is 1. The zero-order valence-electron chi connectivity index (χ0n) is 12.1. The van der Waals surface area contributed by atoms with Gasteiger partial charge in [0, 0.05) is 30.7 Å². The number of aliphatic carboxylic acids is 1. The van der Waals surface area contributed by atoms with Gasteiger partial charge in [0.2, 0.25) is 0 Å². The third-order valence-corrected chi connectivity index (χ3v) is 4.40. The van der Waals surface area contributed by atoms with Crippen LogP contribution in [0.15, 0.2) is 24.5 Å². The van der Waals surface area contributed by atoms with E-state index in [0.29, 0.717) is 12.3 Å². The number of nitrogens with zero attached hydrogens (tertiary/aromatic N) is 2. The molecule has 2 aromatic rings. The van der Waals surface area contributed by atoms with Crippen molar-refractivity contribution in [2.45, 2.75) is 32.2 Å². The standard InChI is InChI=1S/C16H21N3O2/c20-15(21)4-3-12-5-8-19(9-6-12)11-13-10-18-16-14(13)2-1-7-17-16/h1-2,7,10,12H,3-6,8-9,11H2,(H,17,18)(H,20,21). The number of likely N-dealkylation sites (tertiary alicyclic amines) is 1. The molecule has 0 amide bonds. The van der Waals surface area contributed by atoms with Gasteiger partial charge in [0.05, 0.1) is 0 Å². The molecule has 5 nitrogen and oxygen atoms in total. The van der Waals surface area contributed by atoms with Crippen molar-refractivity contribution in [3.05, 3.63) is 30.1 Å². The van der Waals surface area contributed by atoms with E-state index >= 15 is 0 Å². The quantitative estimate of drug-likeness (QED) is 0.887. The Kier molecular flexibility index (Phi) is 4.20. The summed E-state index contributed by atoms with van der Waals surface area (Å²) >= 11 is 0. The minimum Gasteiger partial charge on any atom is -0.481 e. The van der Waals surface area contributed by atoms with E-state index in [1.807, 2.05) is 12.3 Å². The molecule has 0 radical (unpaired) electrons. The lowest BCUT2D eigenvalue weighted by atomic mass is 9.92. The number of H-pyrrole nitrogens is 1. The molecule has 0 unspecified atom stereocenters. The van der Waals surface area contributed by atoms with Crippen molar-refractivity contribution in [1.82, 2.24) is 14.9 Å². The highest BCUT2D eigenvalue weighted by molar-refractivity contribution is 5.79.